The van der Waals surface area contributed by atoms with Crippen molar-refractivity contribution in [3.05, 3.63) is 34.0 Å². The minimum Gasteiger partial charge on any atom is -0.508 e. The number of benzene rings is 1. The molecule has 1 heterocycles. The van der Waals surface area contributed by atoms with Crippen LogP contribution in [-0.4, -0.2) is 19.9 Å². The summed E-state index contributed by atoms with van der Waals surface area (Å²) in [6.07, 6.45) is 0. The van der Waals surface area contributed by atoms with Gasteiger partial charge in [0.2, 0.25) is 0 Å². The number of aromatic amines is 1. The van der Waals surface area contributed by atoms with Crippen LogP contribution in [-0.2, 0) is 7.05 Å². The number of nitrogens with zero attached hydrogens (tertiary/aromatic N) is 2. The van der Waals surface area contributed by atoms with E-state index in [1.165, 1.54) is 13.1 Å². The van der Waals surface area contributed by atoms with Crippen molar-refractivity contribution in [2.75, 3.05) is 0 Å². The van der Waals surface area contributed by atoms with Crippen LogP contribution in [0.2, 0.25) is 0 Å². The molecular formula is C10H10FN3O2. The van der Waals surface area contributed by atoms with Crippen LogP contribution in [0.3, 0.4) is 0 Å². The fraction of sp³-hybridized carbons (Fsp3) is 0.200. The van der Waals surface area contributed by atoms with E-state index in [2.05, 4.69) is 10.1 Å². The average Bonchev–Trinajstić information content (AvgIpc) is 2.53. The lowest BCUT2D eigenvalue weighted by Gasteiger charge is -2.03. The molecule has 0 atom stereocenters. The maximum absolute atomic E-state index is 13.5. The number of phenols is 1. The molecule has 16 heavy (non-hydrogen) atoms. The Morgan fingerprint density at radius 2 is 2.19 bits per heavy atom. The SMILES string of the molecule is Cc1cc(-c2nn(C)c(=O)[nH]2)c(F)cc1O. The second-order valence-corrected chi connectivity index (χ2v) is 3.52. The molecule has 2 aromatic rings. The van der Waals surface area contributed by atoms with Gasteiger partial charge in [-0.3, -0.25) is 4.98 Å². The van der Waals surface area contributed by atoms with Crippen molar-refractivity contribution in [3.8, 4) is 17.1 Å². The summed E-state index contributed by atoms with van der Waals surface area (Å²) in [7, 11) is 1.47. The number of phenolic OH excluding ortho intramolecular Hbond substituents is 1. The van der Waals surface area contributed by atoms with Gasteiger partial charge in [-0.1, -0.05) is 0 Å². The van der Waals surface area contributed by atoms with E-state index >= 15 is 0 Å². The van der Waals surface area contributed by atoms with Crippen LogP contribution in [0.5, 0.6) is 5.75 Å². The van der Waals surface area contributed by atoms with Gasteiger partial charge in [0.1, 0.15) is 11.6 Å². The fourth-order valence-electron chi connectivity index (χ4n) is 1.38. The smallest absolute Gasteiger partial charge is 0.343 e. The molecule has 0 unspecified atom stereocenters. The molecule has 0 saturated heterocycles. The molecule has 0 fully saturated rings. The number of aromatic nitrogens is 3. The highest BCUT2D eigenvalue weighted by Crippen LogP contribution is 2.25. The summed E-state index contributed by atoms with van der Waals surface area (Å²) in [5.74, 6) is -0.606. The Hall–Kier alpha value is -2.11. The van der Waals surface area contributed by atoms with Crippen molar-refractivity contribution >= 4 is 0 Å². The Kier molecular flexibility index (Phi) is 2.26. The Bertz CT molecular complexity index is 601. The third-order valence-electron chi connectivity index (χ3n) is 2.31. The first-order chi connectivity index (χ1) is 7.49. The van der Waals surface area contributed by atoms with E-state index in [0.29, 0.717) is 5.56 Å². The van der Waals surface area contributed by atoms with Crippen molar-refractivity contribution in [2.24, 2.45) is 7.05 Å². The highest BCUT2D eigenvalue weighted by atomic mass is 19.1. The molecule has 0 bridgehead atoms. The van der Waals surface area contributed by atoms with Gasteiger partial charge in [0.05, 0.1) is 5.56 Å². The predicted molar refractivity (Wildman–Crippen MR) is 55.6 cm³/mol. The van der Waals surface area contributed by atoms with Gasteiger partial charge in [-0.15, -0.1) is 5.10 Å². The number of halogens is 1. The zero-order valence-corrected chi connectivity index (χ0v) is 8.78. The van der Waals surface area contributed by atoms with Crippen molar-refractivity contribution < 1.29 is 9.50 Å². The molecule has 2 N–H and O–H groups in total. The van der Waals surface area contributed by atoms with E-state index in [1.807, 2.05) is 0 Å². The topological polar surface area (TPSA) is 70.9 Å². The van der Waals surface area contributed by atoms with Gasteiger partial charge < -0.3 is 5.11 Å². The minimum atomic E-state index is -0.627. The lowest BCUT2D eigenvalue weighted by Crippen LogP contribution is -2.13. The first-order valence-electron chi connectivity index (χ1n) is 4.62. The van der Waals surface area contributed by atoms with Crippen LogP contribution in [0.25, 0.3) is 11.4 Å². The molecule has 84 valence electrons. The summed E-state index contributed by atoms with van der Waals surface area (Å²) in [6, 6.07) is 2.43. The molecule has 6 heteroatoms. The minimum absolute atomic E-state index is 0.125. The fourth-order valence-corrected chi connectivity index (χ4v) is 1.38. The zero-order valence-electron chi connectivity index (χ0n) is 8.78. The number of nitrogens with one attached hydrogen (secondary N) is 1. The van der Waals surface area contributed by atoms with Crippen LogP contribution in [0.15, 0.2) is 16.9 Å². The molecule has 0 radical (unpaired) electrons. The largest absolute Gasteiger partial charge is 0.508 e. The summed E-state index contributed by atoms with van der Waals surface area (Å²) in [4.78, 5) is 13.6. The third-order valence-corrected chi connectivity index (χ3v) is 2.31. The van der Waals surface area contributed by atoms with Crippen LogP contribution in [0, 0.1) is 12.7 Å². The molecule has 0 aliphatic rings. The Balaban J connectivity index is 2.64. The van der Waals surface area contributed by atoms with E-state index < -0.39 is 11.5 Å². The molecule has 0 spiro atoms. The Morgan fingerprint density at radius 1 is 1.50 bits per heavy atom. The lowest BCUT2D eigenvalue weighted by molar-refractivity contribution is 0.465. The quantitative estimate of drug-likeness (QED) is 0.755. The first kappa shape index (κ1) is 10.4. The van der Waals surface area contributed by atoms with Gasteiger partial charge in [0.25, 0.3) is 0 Å². The molecule has 0 amide bonds. The van der Waals surface area contributed by atoms with Gasteiger partial charge in [0, 0.05) is 13.1 Å². The highest BCUT2D eigenvalue weighted by Gasteiger charge is 2.12. The van der Waals surface area contributed by atoms with E-state index in [-0.39, 0.29) is 17.1 Å². The summed E-state index contributed by atoms with van der Waals surface area (Å²) >= 11 is 0. The van der Waals surface area contributed by atoms with E-state index in [0.717, 1.165) is 10.7 Å². The molecule has 0 aliphatic heterocycles. The maximum atomic E-state index is 13.5. The van der Waals surface area contributed by atoms with Gasteiger partial charge in [0.15, 0.2) is 5.82 Å². The van der Waals surface area contributed by atoms with Gasteiger partial charge in [-0.25, -0.2) is 13.9 Å². The Labute approximate surface area is 90.2 Å². The van der Waals surface area contributed by atoms with Crippen LogP contribution in [0.4, 0.5) is 4.39 Å². The first-order valence-corrected chi connectivity index (χ1v) is 4.62. The molecule has 1 aromatic carbocycles. The van der Waals surface area contributed by atoms with E-state index in [4.69, 9.17) is 0 Å². The summed E-state index contributed by atoms with van der Waals surface area (Å²) in [5.41, 5.74) is 0.260. The van der Waals surface area contributed by atoms with Crippen molar-refractivity contribution in [1.29, 1.82) is 0 Å². The number of H-pyrrole nitrogens is 1. The molecule has 0 aliphatic carbocycles. The summed E-state index contributed by atoms with van der Waals surface area (Å²) < 4.78 is 14.6. The third kappa shape index (κ3) is 1.58. The Morgan fingerprint density at radius 3 is 2.75 bits per heavy atom. The maximum Gasteiger partial charge on any atom is 0.343 e. The highest BCUT2D eigenvalue weighted by molar-refractivity contribution is 5.58. The van der Waals surface area contributed by atoms with Crippen molar-refractivity contribution in [2.45, 2.75) is 6.92 Å². The van der Waals surface area contributed by atoms with Crippen molar-refractivity contribution in [3.63, 3.8) is 0 Å². The van der Waals surface area contributed by atoms with Crippen LogP contribution >= 0.6 is 0 Å². The zero-order chi connectivity index (χ0) is 11.9. The molecule has 2 rings (SSSR count). The standard InChI is InChI=1S/C10H10FN3O2/c1-5-3-6(7(11)4-8(5)15)9-12-10(16)14(2)13-9/h3-4,15H,1-2H3,(H,12,13,16). The van der Waals surface area contributed by atoms with Crippen molar-refractivity contribution in [1.82, 2.24) is 14.8 Å². The number of hydrogen-bond acceptors (Lipinski definition) is 3. The summed E-state index contributed by atoms with van der Waals surface area (Å²) in [5, 5.41) is 13.1. The lowest BCUT2D eigenvalue weighted by atomic mass is 10.1. The van der Waals surface area contributed by atoms with Gasteiger partial charge >= 0.3 is 5.69 Å². The van der Waals surface area contributed by atoms with Crippen LogP contribution < -0.4 is 5.69 Å². The molecular weight excluding hydrogens is 213 g/mol. The number of aromatic hydroxyl groups is 1. The number of hydrogen-bond donors (Lipinski definition) is 2. The average molecular weight is 223 g/mol. The van der Waals surface area contributed by atoms with Gasteiger partial charge in [-0.2, -0.15) is 0 Å². The number of aryl methyl sites for hydroxylation is 2. The van der Waals surface area contributed by atoms with E-state index in [9.17, 15) is 14.3 Å². The summed E-state index contributed by atoms with van der Waals surface area (Å²) in [6.45, 7) is 1.64. The normalized spacial score (nSPS) is 10.7. The second kappa shape index (κ2) is 3.48. The monoisotopic (exact) mass is 223 g/mol. The number of rotatable bonds is 1. The van der Waals surface area contributed by atoms with E-state index in [1.54, 1.807) is 6.92 Å². The van der Waals surface area contributed by atoms with Gasteiger partial charge in [-0.05, 0) is 18.6 Å². The molecule has 0 saturated carbocycles. The predicted octanol–water partition coefficient (Wildman–Crippen LogP) is 0.929. The second-order valence-electron chi connectivity index (χ2n) is 3.52. The molecule has 1 aromatic heterocycles. The molecule has 5 nitrogen and oxygen atoms in total. The van der Waals surface area contributed by atoms with Crippen LogP contribution in [0.1, 0.15) is 5.56 Å².